The summed E-state index contributed by atoms with van der Waals surface area (Å²) in [6.07, 6.45) is -9.61. The molecule has 224 valence electrons. The van der Waals surface area contributed by atoms with E-state index in [4.69, 9.17) is 23.7 Å². The zero-order valence-electron chi connectivity index (χ0n) is 22.7. The SMILES string of the molecule is CC12CC(=O)C3CC1(OC1OC(COC(=O)c4ccccc4)C(O)C(O)C1O)C3(COC(=O)c1ccccc1)C(O)O2. The Labute approximate surface area is 240 Å². The van der Waals surface area contributed by atoms with Crippen molar-refractivity contribution in [3.05, 3.63) is 71.8 Å². The number of aliphatic hydroxyl groups excluding tert-OH is 4. The second-order valence-corrected chi connectivity index (χ2v) is 11.5. The van der Waals surface area contributed by atoms with Crippen molar-refractivity contribution >= 4 is 17.7 Å². The average Bonchev–Trinajstić information content (AvgIpc) is 3.05. The minimum atomic E-state index is -1.75. The molecule has 10 unspecified atom stereocenters. The number of carbonyl (C=O) groups excluding carboxylic acids is 3. The van der Waals surface area contributed by atoms with Gasteiger partial charge in [0, 0.05) is 12.3 Å². The summed E-state index contributed by atoms with van der Waals surface area (Å²) in [5.74, 6) is -2.32. The van der Waals surface area contributed by atoms with Crippen LogP contribution in [0, 0.1) is 11.3 Å². The molecule has 4 N–H and O–H groups in total. The smallest absolute Gasteiger partial charge is 0.338 e. The molecule has 10 atom stereocenters. The molecule has 12 nitrogen and oxygen atoms in total. The van der Waals surface area contributed by atoms with Gasteiger partial charge in [0.25, 0.3) is 0 Å². The van der Waals surface area contributed by atoms with Gasteiger partial charge in [-0.15, -0.1) is 0 Å². The van der Waals surface area contributed by atoms with E-state index in [1.165, 1.54) is 0 Å². The number of fused-ring (bicyclic) bond motifs is 1. The molecule has 2 aromatic carbocycles. The number of Topliss-reactive ketones (excluding diaryl/α,β-unsaturated/α-hetero) is 1. The van der Waals surface area contributed by atoms with Gasteiger partial charge in [-0.2, -0.15) is 0 Å². The second kappa shape index (κ2) is 10.5. The predicted molar refractivity (Wildman–Crippen MR) is 140 cm³/mol. The largest absolute Gasteiger partial charge is 0.461 e. The Morgan fingerprint density at radius 2 is 1.48 bits per heavy atom. The summed E-state index contributed by atoms with van der Waals surface area (Å²) >= 11 is 0. The maximum Gasteiger partial charge on any atom is 0.338 e. The van der Waals surface area contributed by atoms with Gasteiger partial charge in [0.15, 0.2) is 12.6 Å². The highest BCUT2D eigenvalue weighted by Crippen LogP contribution is 2.73. The van der Waals surface area contributed by atoms with E-state index in [1.54, 1.807) is 67.6 Å². The summed E-state index contributed by atoms with van der Waals surface area (Å²) in [5.41, 5.74) is -3.86. The summed E-state index contributed by atoms with van der Waals surface area (Å²) in [5, 5.41) is 43.3. The molecule has 42 heavy (non-hydrogen) atoms. The van der Waals surface area contributed by atoms with E-state index >= 15 is 0 Å². The zero-order chi connectivity index (χ0) is 29.9. The van der Waals surface area contributed by atoms with Crippen molar-refractivity contribution in [2.75, 3.05) is 13.2 Å². The number of ketones is 1. The van der Waals surface area contributed by atoms with Crippen molar-refractivity contribution in [1.29, 1.82) is 0 Å². The van der Waals surface area contributed by atoms with Crippen LogP contribution in [0.15, 0.2) is 60.7 Å². The van der Waals surface area contributed by atoms with Crippen LogP contribution in [0.3, 0.4) is 0 Å². The van der Waals surface area contributed by atoms with Gasteiger partial charge in [-0.25, -0.2) is 9.59 Å². The Balaban J connectivity index is 1.24. The van der Waals surface area contributed by atoms with Crippen molar-refractivity contribution in [1.82, 2.24) is 0 Å². The van der Waals surface area contributed by atoms with E-state index < -0.39 is 84.7 Å². The van der Waals surface area contributed by atoms with Gasteiger partial charge < -0.3 is 44.1 Å². The molecule has 5 fully saturated rings. The minimum Gasteiger partial charge on any atom is -0.461 e. The van der Waals surface area contributed by atoms with Gasteiger partial charge >= 0.3 is 11.9 Å². The van der Waals surface area contributed by atoms with Crippen molar-refractivity contribution in [3.63, 3.8) is 0 Å². The van der Waals surface area contributed by atoms with Crippen molar-refractivity contribution in [2.45, 2.75) is 68.0 Å². The summed E-state index contributed by atoms with van der Waals surface area (Å²) in [7, 11) is 0. The first kappa shape index (κ1) is 28.9. The molecule has 4 bridgehead atoms. The Kier molecular flexibility index (Phi) is 7.21. The first-order chi connectivity index (χ1) is 20.0. The van der Waals surface area contributed by atoms with Crippen LogP contribution in [0.2, 0.25) is 0 Å². The van der Waals surface area contributed by atoms with Crippen LogP contribution < -0.4 is 0 Å². The molecule has 5 aliphatic rings. The number of aliphatic hydroxyl groups is 4. The van der Waals surface area contributed by atoms with Crippen LogP contribution in [0.4, 0.5) is 0 Å². The number of hydrogen-bond donors (Lipinski definition) is 4. The van der Waals surface area contributed by atoms with Crippen molar-refractivity contribution < 1.29 is 58.5 Å². The average molecular weight is 585 g/mol. The number of rotatable bonds is 8. The van der Waals surface area contributed by atoms with E-state index in [9.17, 15) is 34.8 Å². The molecule has 0 amide bonds. The van der Waals surface area contributed by atoms with Crippen LogP contribution in [-0.4, -0.2) is 99.6 Å². The normalized spacial score (nSPS) is 40.2. The second-order valence-electron chi connectivity index (χ2n) is 11.5. The van der Waals surface area contributed by atoms with Gasteiger partial charge in [0.2, 0.25) is 0 Å². The lowest BCUT2D eigenvalue weighted by Crippen LogP contribution is -2.80. The fraction of sp³-hybridized carbons (Fsp3) is 0.500. The molecular weight excluding hydrogens is 552 g/mol. The fourth-order valence-corrected chi connectivity index (χ4v) is 6.96. The number of carbonyl (C=O) groups is 3. The van der Waals surface area contributed by atoms with Gasteiger partial charge in [0.05, 0.1) is 16.5 Å². The molecule has 0 radical (unpaired) electrons. The predicted octanol–water partition coefficient (Wildman–Crippen LogP) is 0.350. The number of hydrogen-bond acceptors (Lipinski definition) is 12. The molecule has 2 aliphatic heterocycles. The monoisotopic (exact) mass is 584 g/mol. The van der Waals surface area contributed by atoms with Gasteiger partial charge in [-0.1, -0.05) is 36.4 Å². The van der Waals surface area contributed by atoms with Crippen LogP contribution in [0.5, 0.6) is 0 Å². The Hall–Kier alpha value is -3.23. The van der Waals surface area contributed by atoms with Crippen molar-refractivity contribution in [2.24, 2.45) is 11.3 Å². The van der Waals surface area contributed by atoms with Gasteiger partial charge in [-0.05, 0) is 37.6 Å². The van der Waals surface area contributed by atoms with E-state index in [2.05, 4.69) is 0 Å². The lowest BCUT2D eigenvalue weighted by atomic mass is 9.41. The molecular formula is C30H32O12. The van der Waals surface area contributed by atoms with Gasteiger partial charge in [0.1, 0.15) is 54.6 Å². The Bertz CT molecular complexity index is 1350. The molecule has 2 heterocycles. The molecule has 0 spiro atoms. The van der Waals surface area contributed by atoms with E-state index in [-0.39, 0.29) is 29.8 Å². The van der Waals surface area contributed by atoms with E-state index in [1.807, 2.05) is 0 Å². The molecule has 7 rings (SSSR count). The van der Waals surface area contributed by atoms with Crippen LogP contribution in [-0.2, 0) is 28.5 Å². The van der Waals surface area contributed by atoms with Gasteiger partial charge in [-0.3, -0.25) is 4.79 Å². The highest BCUT2D eigenvalue weighted by Gasteiger charge is 2.87. The quantitative estimate of drug-likeness (QED) is 0.314. The Morgan fingerprint density at radius 3 is 2.10 bits per heavy atom. The summed E-state index contributed by atoms with van der Waals surface area (Å²) < 4.78 is 29.0. The molecule has 0 aromatic heterocycles. The molecule has 2 saturated heterocycles. The van der Waals surface area contributed by atoms with Crippen LogP contribution >= 0.6 is 0 Å². The maximum absolute atomic E-state index is 13.1. The Morgan fingerprint density at radius 1 is 0.881 bits per heavy atom. The molecule has 2 aromatic rings. The highest BCUT2D eigenvalue weighted by atomic mass is 16.7. The first-order valence-electron chi connectivity index (χ1n) is 13.7. The summed E-state index contributed by atoms with van der Waals surface area (Å²) in [4.78, 5) is 38.3. The van der Waals surface area contributed by atoms with Crippen LogP contribution in [0.1, 0.15) is 40.5 Å². The highest BCUT2D eigenvalue weighted by molar-refractivity contribution is 5.90. The summed E-state index contributed by atoms with van der Waals surface area (Å²) in [6, 6.07) is 16.3. The standard InChI is InChI=1S/C30H32O12/c1-28-13-19(31)18-12-30(28,29(18,27(37)42-28)15-39-25(36)17-10-6-3-7-11-17)41-26-23(34)22(33)21(32)20(40-26)14-38-24(35)16-8-4-2-5-9-16/h2-11,18,20-23,26-27,32-34,37H,12-15H2,1H3. The summed E-state index contributed by atoms with van der Waals surface area (Å²) in [6.45, 7) is 0.687. The topological polar surface area (TPSA) is 178 Å². The fourth-order valence-electron chi connectivity index (χ4n) is 6.96. The number of esters is 2. The number of ether oxygens (including phenoxy) is 5. The minimum absolute atomic E-state index is 0.0706. The zero-order valence-corrected chi connectivity index (χ0v) is 22.7. The van der Waals surface area contributed by atoms with E-state index in [0.717, 1.165) is 0 Å². The van der Waals surface area contributed by atoms with Crippen molar-refractivity contribution in [3.8, 4) is 0 Å². The molecule has 3 aliphatic carbocycles. The third-order valence-electron chi connectivity index (χ3n) is 9.26. The van der Waals surface area contributed by atoms with Crippen LogP contribution in [0.25, 0.3) is 0 Å². The maximum atomic E-state index is 13.1. The van der Waals surface area contributed by atoms with E-state index in [0.29, 0.717) is 0 Å². The number of benzene rings is 2. The first-order valence-corrected chi connectivity index (χ1v) is 13.7. The lowest BCUT2D eigenvalue weighted by molar-refractivity contribution is -0.381. The molecule has 3 saturated carbocycles. The lowest BCUT2D eigenvalue weighted by Gasteiger charge is -2.66. The third kappa shape index (κ3) is 4.21. The molecule has 12 heteroatoms. The third-order valence-corrected chi connectivity index (χ3v) is 9.26.